The first-order valence-electron chi connectivity index (χ1n) is 8.67. The van der Waals surface area contributed by atoms with Crippen LogP contribution >= 0.6 is 23.2 Å². The molecule has 5 nitrogen and oxygen atoms in total. The van der Waals surface area contributed by atoms with Gasteiger partial charge in [0.1, 0.15) is 5.56 Å². The Morgan fingerprint density at radius 3 is 2.24 bits per heavy atom. The minimum Gasteiger partial charge on any atom is -0.477 e. The number of aromatic nitrogens is 2. The van der Waals surface area contributed by atoms with Gasteiger partial charge >= 0.3 is 5.97 Å². The predicted octanol–water partition coefficient (Wildman–Crippen LogP) is 4.92. The average molecular weight is 438 g/mol. The van der Waals surface area contributed by atoms with Gasteiger partial charge in [0.25, 0.3) is 0 Å². The van der Waals surface area contributed by atoms with Crippen molar-refractivity contribution in [1.29, 1.82) is 0 Å². The van der Waals surface area contributed by atoms with Crippen molar-refractivity contribution in [2.24, 2.45) is 0 Å². The van der Waals surface area contributed by atoms with E-state index in [-0.39, 0.29) is 5.56 Å². The van der Waals surface area contributed by atoms with Crippen molar-refractivity contribution in [2.75, 3.05) is 7.18 Å². The van der Waals surface area contributed by atoms with E-state index in [1.54, 1.807) is 42.7 Å². The van der Waals surface area contributed by atoms with Crippen molar-refractivity contribution < 1.29 is 19.3 Å². The van der Waals surface area contributed by atoms with Gasteiger partial charge in [-0.05, 0) is 31.5 Å². The quantitative estimate of drug-likeness (QED) is 0.629. The van der Waals surface area contributed by atoms with E-state index in [2.05, 4.69) is 4.98 Å². The zero-order valence-electron chi connectivity index (χ0n) is 16.1. The molecule has 0 atom stereocenters. The van der Waals surface area contributed by atoms with Crippen LogP contribution in [-0.2, 0) is 6.54 Å². The summed E-state index contributed by atoms with van der Waals surface area (Å²) < 4.78 is 11.3. The van der Waals surface area contributed by atoms with Crippen LogP contribution in [0.4, 0.5) is 4.39 Å². The molecule has 0 saturated carbocycles. The van der Waals surface area contributed by atoms with Crippen LogP contribution < -0.4 is 10.4 Å². The maximum atomic E-state index is 13.2. The van der Waals surface area contributed by atoms with Gasteiger partial charge in [-0.15, -0.1) is 0 Å². The number of carbonyl (C=O) groups is 1. The molecule has 0 fully saturated rings. The van der Waals surface area contributed by atoms with Crippen molar-refractivity contribution in [3.8, 4) is 22.4 Å². The van der Waals surface area contributed by atoms with Crippen molar-refractivity contribution in [2.45, 2.75) is 20.4 Å². The lowest BCUT2D eigenvalue weighted by Crippen LogP contribution is -2.25. The Hall–Kier alpha value is -2.70. The lowest BCUT2D eigenvalue weighted by Gasteiger charge is -2.21. The summed E-state index contributed by atoms with van der Waals surface area (Å²) in [4.78, 5) is 28.1. The number of benzene rings is 1. The van der Waals surface area contributed by atoms with Gasteiger partial charge in [-0.1, -0.05) is 29.3 Å². The van der Waals surface area contributed by atoms with Crippen LogP contribution in [-0.4, -0.2) is 22.8 Å². The number of hydrogen-bond acceptors (Lipinski definition) is 2. The van der Waals surface area contributed by atoms with Gasteiger partial charge < -0.3 is 9.67 Å². The molecule has 3 aromatic rings. The topological polar surface area (TPSA) is 73.4 Å². The van der Waals surface area contributed by atoms with Gasteiger partial charge in [0.2, 0.25) is 5.43 Å². The van der Waals surface area contributed by atoms with Crippen LogP contribution in [0.5, 0.6) is 0 Å². The van der Waals surface area contributed by atoms with Crippen molar-refractivity contribution in [1.82, 2.24) is 4.57 Å². The SMILES string of the molecule is CCn1c(C)c(-c2cc[nH+]cc2)c(=O)c(C(=O)O)c1-c1ccc(Cl)c(Cl)c1.CF. The molecule has 0 bridgehead atoms. The molecule has 3 rings (SSSR count). The fourth-order valence-electron chi connectivity index (χ4n) is 3.27. The Labute approximate surface area is 177 Å². The molecule has 0 saturated heterocycles. The van der Waals surface area contributed by atoms with Crippen LogP contribution in [0.3, 0.4) is 0 Å². The Bertz CT molecular complexity index is 1100. The summed E-state index contributed by atoms with van der Waals surface area (Å²) >= 11 is 12.1. The first kappa shape index (κ1) is 22.6. The summed E-state index contributed by atoms with van der Waals surface area (Å²) in [5, 5.41) is 10.5. The fourth-order valence-corrected chi connectivity index (χ4v) is 3.56. The van der Waals surface area contributed by atoms with Gasteiger partial charge in [-0.2, -0.15) is 0 Å². The molecule has 2 heterocycles. The summed E-state index contributed by atoms with van der Waals surface area (Å²) in [5.41, 5.74) is 1.73. The highest BCUT2D eigenvalue weighted by molar-refractivity contribution is 6.42. The van der Waals surface area contributed by atoms with E-state index in [9.17, 15) is 19.1 Å². The molecule has 1 aromatic carbocycles. The van der Waals surface area contributed by atoms with Crippen LogP contribution in [0.2, 0.25) is 10.0 Å². The molecule has 0 aliphatic rings. The molecule has 0 aliphatic heterocycles. The maximum absolute atomic E-state index is 13.2. The number of aromatic amines is 1. The molecule has 0 radical (unpaired) electrons. The monoisotopic (exact) mass is 437 g/mol. The Morgan fingerprint density at radius 2 is 1.72 bits per heavy atom. The standard InChI is InChI=1S/C20H16Cl2N2O3.CH3F/c1-3-24-11(2)16(12-6-8-23-9-7-12)19(25)17(20(26)27)18(24)13-4-5-14(21)15(22)10-13;1-2/h4-10H,3H2,1-2H3,(H,26,27);1H3/p+1. The first-order chi connectivity index (χ1) is 13.9. The number of hydrogen-bond donors (Lipinski definition) is 1. The zero-order valence-corrected chi connectivity index (χ0v) is 17.6. The number of aromatic carboxylic acids is 1. The molecule has 0 amide bonds. The average Bonchev–Trinajstić information content (AvgIpc) is 2.71. The number of carboxylic acid groups (broad SMARTS) is 1. The molecule has 8 heteroatoms. The number of rotatable bonds is 4. The molecule has 2 N–H and O–H groups in total. The molecule has 152 valence electrons. The molecular weight excluding hydrogens is 418 g/mol. The largest absolute Gasteiger partial charge is 0.477 e. The minimum absolute atomic E-state index is 0.288. The van der Waals surface area contributed by atoms with Crippen LogP contribution in [0.1, 0.15) is 23.0 Å². The van der Waals surface area contributed by atoms with E-state index in [0.717, 1.165) is 0 Å². The van der Waals surface area contributed by atoms with E-state index < -0.39 is 11.4 Å². The number of alkyl halides is 1. The van der Waals surface area contributed by atoms with Crippen LogP contribution in [0.15, 0.2) is 47.5 Å². The Kier molecular flexibility index (Phi) is 7.53. The number of halogens is 3. The number of nitrogens with zero attached hydrogens (tertiary/aromatic N) is 1. The third kappa shape index (κ3) is 4.33. The minimum atomic E-state index is -1.29. The summed E-state index contributed by atoms with van der Waals surface area (Å²) in [6.45, 7) is 4.18. The summed E-state index contributed by atoms with van der Waals surface area (Å²) in [5.74, 6) is -1.29. The van der Waals surface area contributed by atoms with Crippen LogP contribution in [0.25, 0.3) is 22.4 Å². The summed E-state index contributed by atoms with van der Waals surface area (Å²) in [7, 11) is 0.500. The zero-order chi connectivity index (χ0) is 21.7. The first-order valence-corrected chi connectivity index (χ1v) is 9.42. The summed E-state index contributed by atoms with van der Waals surface area (Å²) in [6.07, 6.45) is 3.38. The van der Waals surface area contributed by atoms with E-state index in [1.807, 2.05) is 18.4 Å². The molecule has 2 aromatic heterocycles. The molecule has 0 aliphatic carbocycles. The highest BCUT2D eigenvalue weighted by atomic mass is 35.5. The predicted molar refractivity (Wildman–Crippen MR) is 113 cm³/mol. The van der Waals surface area contributed by atoms with Crippen molar-refractivity contribution in [3.05, 3.63) is 74.3 Å². The van der Waals surface area contributed by atoms with E-state index in [4.69, 9.17) is 23.2 Å². The second-order valence-corrected chi connectivity index (χ2v) is 6.79. The van der Waals surface area contributed by atoms with Gasteiger partial charge in [-0.3, -0.25) is 9.18 Å². The summed E-state index contributed by atoms with van der Waals surface area (Å²) in [6, 6.07) is 8.32. The molecule has 0 spiro atoms. The second kappa shape index (κ2) is 9.67. The van der Waals surface area contributed by atoms with Gasteiger partial charge in [0.05, 0.1) is 22.9 Å². The van der Waals surface area contributed by atoms with Crippen molar-refractivity contribution >= 4 is 29.2 Å². The molecule has 0 unspecified atom stereocenters. The van der Waals surface area contributed by atoms with Gasteiger partial charge in [-0.25, -0.2) is 9.78 Å². The van der Waals surface area contributed by atoms with E-state index >= 15 is 0 Å². The smallest absolute Gasteiger partial charge is 0.341 e. The second-order valence-electron chi connectivity index (χ2n) is 5.98. The number of pyridine rings is 2. The van der Waals surface area contributed by atoms with Crippen molar-refractivity contribution in [3.63, 3.8) is 0 Å². The highest BCUT2D eigenvalue weighted by Crippen LogP contribution is 2.32. The molecular formula is C21H20Cl2FN2O3+. The van der Waals surface area contributed by atoms with Crippen LogP contribution in [0, 0.1) is 6.92 Å². The third-order valence-electron chi connectivity index (χ3n) is 4.46. The fraction of sp³-hybridized carbons (Fsp3) is 0.190. The number of nitrogens with one attached hydrogen (secondary N) is 1. The Balaban J connectivity index is 0.00000145. The number of carboxylic acids is 1. The number of H-pyrrole nitrogens is 1. The van der Waals surface area contributed by atoms with E-state index in [1.165, 1.54) is 0 Å². The maximum Gasteiger partial charge on any atom is 0.341 e. The Morgan fingerprint density at radius 1 is 1.10 bits per heavy atom. The highest BCUT2D eigenvalue weighted by Gasteiger charge is 2.25. The van der Waals surface area contributed by atoms with E-state index in [0.29, 0.717) is 51.8 Å². The van der Waals surface area contributed by atoms with Gasteiger partial charge in [0, 0.05) is 35.5 Å². The lowest BCUT2D eigenvalue weighted by atomic mass is 9.96. The normalized spacial score (nSPS) is 10.3. The van der Waals surface area contributed by atoms with Gasteiger partial charge in [0.15, 0.2) is 12.4 Å². The molecule has 29 heavy (non-hydrogen) atoms. The lowest BCUT2D eigenvalue weighted by molar-refractivity contribution is -0.377. The third-order valence-corrected chi connectivity index (χ3v) is 5.20.